The van der Waals surface area contributed by atoms with Crippen LogP contribution < -0.4 is 15.4 Å². The minimum absolute atomic E-state index is 0.0204. The van der Waals surface area contributed by atoms with Crippen LogP contribution in [0.15, 0.2) is 42.6 Å². The summed E-state index contributed by atoms with van der Waals surface area (Å²) in [6, 6.07) is 11.9. The van der Waals surface area contributed by atoms with E-state index in [4.69, 9.17) is 16.3 Å². The first kappa shape index (κ1) is 19.1. The molecule has 0 saturated heterocycles. The Morgan fingerprint density at radius 1 is 1.22 bits per heavy atom. The van der Waals surface area contributed by atoms with Crippen molar-refractivity contribution >= 4 is 34.1 Å². The molecule has 0 atom stereocenters. The van der Waals surface area contributed by atoms with Crippen molar-refractivity contribution in [3.63, 3.8) is 0 Å². The molecule has 6 heteroatoms. The SMILES string of the molecule is COc1cc(Cl)c(C)cc1NCCC(=O)NCCc1c[nH]c2ccccc12. The van der Waals surface area contributed by atoms with Crippen LogP contribution in [0, 0.1) is 6.92 Å². The van der Waals surface area contributed by atoms with Gasteiger partial charge in [-0.3, -0.25) is 4.79 Å². The van der Waals surface area contributed by atoms with E-state index in [2.05, 4.69) is 27.8 Å². The standard InChI is InChI=1S/C21H24ClN3O2/c1-14-11-19(20(27-2)12-17(14)22)23-10-8-21(26)24-9-7-15-13-25-18-6-4-3-5-16(15)18/h3-6,11-13,23,25H,7-10H2,1-2H3,(H,24,26). The zero-order chi connectivity index (χ0) is 19.2. The monoisotopic (exact) mass is 385 g/mol. The molecule has 0 bridgehead atoms. The first-order valence-corrected chi connectivity index (χ1v) is 9.36. The number of halogens is 1. The first-order valence-electron chi connectivity index (χ1n) is 8.98. The highest BCUT2D eigenvalue weighted by atomic mass is 35.5. The number of aromatic amines is 1. The highest BCUT2D eigenvalue weighted by Crippen LogP contribution is 2.30. The van der Waals surface area contributed by atoms with Crippen LogP contribution in [0.4, 0.5) is 5.69 Å². The summed E-state index contributed by atoms with van der Waals surface area (Å²) in [7, 11) is 1.60. The molecule has 2 aromatic carbocycles. The van der Waals surface area contributed by atoms with Gasteiger partial charge in [-0.2, -0.15) is 0 Å². The van der Waals surface area contributed by atoms with Crippen molar-refractivity contribution in [1.82, 2.24) is 10.3 Å². The number of aryl methyl sites for hydroxylation is 1. The Morgan fingerprint density at radius 3 is 2.85 bits per heavy atom. The maximum absolute atomic E-state index is 12.1. The van der Waals surface area contributed by atoms with E-state index in [-0.39, 0.29) is 5.91 Å². The number of H-pyrrole nitrogens is 1. The third-order valence-corrected chi connectivity index (χ3v) is 4.95. The Balaban J connectivity index is 1.44. The number of aromatic nitrogens is 1. The van der Waals surface area contributed by atoms with E-state index >= 15 is 0 Å². The van der Waals surface area contributed by atoms with Crippen LogP contribution in [0.1, 0.15) is 17.5 Å². The maximum atomic E-state index is 12.1. The van der Waals surface area contributed by atoms with Crippen LogP contribution in [0.3, 0.4) is 0 Å². The summed E-state index contributed by atoms with van der Waals surface area (Å²) in [5.41, 5.74) is 4.13. The summed E-state index contributed by atoms with van der Waals surface area (Å²) in [5, 5.41) is 8.08. The number of methoxy groups -OCH3 is 1. The van der Waals surface area contributed by atoms with Gasteiger partial charge >= 0.3 is 0 Å². The lowest BCUT2D eigenvalue weighted by atomic mass is 10.1. The number of anilines is 1. The molecular weight excluding hydrogens is 362 g/mol. The summed E-state index contributed by atoms with van der Waals surface area (Å²) in [5.74, 6) is 0.692. The molecule has 1 heterocycles. The van der Waals surface area contributed by atoms with E-state index in [0.717, 1.165) is 23.2 Å². The summed E-state index contributed by atoms with van der Waals surface area (Å²) < 4.78 is 5.33. The second-order valence-electron chi connectivity index (χ2n) is 6.44. The van der Waals surface area contributed by atoms with Crippen LogP contribution in [0.2, 0.25) is 5.02 Å². The zero-order valence-electron chi connectivity index (χ0n) is 15.6. The molecule has 142 valence electrons. The average Bonchev–Trinajstić information content (AvgIpc) is 3.07. The molecule has 3 N–H and O–H groups in total. The maximum Gasteiger partial charge on any atom is 0.221 e. The van der Waals surface area contributed by atoms with Gasteiger partial charge in [0.05, 0.1) is 12.8 Å². The first-order chi connectivity index (χ1) is 13.1. The molecule has 0 saturated carbocycles. The lowest BCUT2D eigenvalue weighted by molar-refractivity contribution is -0.120. The van der Waals surface area contributed by atoms with Crippen LogP contribution in [0.5, 0.6) is 5.75 Å². The fraction of sp³-hybridized carbons (Fsp3) is 0.286. The summed E-state index contributed by atoms with van der Waals surface area (Å²) >= 11 is 6.11. The summed E-state index contributed by atoms with van der Waals surface area (Å²) in [4.78, 5) is 15.3. The molecule has 0 aliphatic heterocycles. The van der Waals surface area contributed by atoms with E-state index in [1.54, 1.807) is 13.2 Å². The van der Waals surface area contributed by atoms with Gasteiger partial charge in [0.15, 0.2) is 0 Å². The van der Waals surface area contributed by atoms with Crippen LogP contribution >= 0.6 is 11.6 Å². The molecule has 0 aliphatic rings. The number of fused-ring (bicyclic) bond motifs is 1. The predicted octanol–water partition coefficient (Wildman–Crippen LogP) is 4.30. The molecule has 0 fully saturated rings. The van der Waals surface area contributed by atoms with Crippen LogP contribution in [-0.2, 0) is 11.2 Å². The lowest BCUT2D eigenvalue weighted by Gasteiger charge is -2.13. The van der Waals surface area contributed by atoms with Crippen LogP contribution in [0.25, 0.3) is 10.9 Å². The fourth-order valence-corrected chi connectivity index (χ4v) is 3.20. The summed E-state index contributed by atoms with van der Waals surface area (Å²) in [6.45, 7) is 3.07. The summed E-state index contributed by atoms with van der Waals surface area (Å²) in [6.07, 6.45) is 3.19. The Labute approximate surface area is 164 Å². The normalized spacial score (nSPS) is 10.8. The second kappa shape index (κ2) is 8.82. The smallest absolute Gasteiger partial charge is 0.221 e. The van der Waals surface area contributed by atoms with Gasteiger partial charge in [-0.05, 0) is 36.6 Å². The van der Waals surface area contributed by atoms with E-state index < -0.39 is 0 Å². The third-order valence-electron chi connectivity index (χ3n) is 4.54. The molecule has 0 spiro atoms. The topological polar surface area (TPSA) is 66.2 Å². The van der Waals surface area contributed by atoms with E-state index in [1.807, 2.05) is 31.3 Å². The Kier molecular flexibility index (Phi) is 6.24. The van der Waals surface area contributed by atoms with Crippen molar-refractivity contribution in [3.05, 3.63) is 58.7 Å². The molecular formula is C21H24ClN3O2. The molecule has 0 unspecified atom stereocenters. The average molecular weight is 386 g/mol. The van der Waals surface area contributed by atoms with E-state index in [9.17, 15) is 4.79 Å². The van der Waals surface area contributed by atoms with Gasteiger partial charge in [-0.1, -0.05) is 29.8 Å². The molecule has 1 aromatic heterocycles. The zero-order valence-corrected chi connectivity index (χ0v) is 16.3. The van der Waals surface area contributed by atoms with Crippen LogP contribution in [-0.4, -0.2) is 31.1 Å². The highest BCUT2D eigenvalue weighted by Gasteiger charge is 2.08. The lowest BCUT2D eigenvalue weighted by Crippen LogP contribution is -2.27. The molecule has 27 heavy (non-hydrogen) atoms. The van der Waals surface area contributed by atoms with Gasteiger partial charge in [0.1, 0.15) is 5.75 Å². The minimum Gasteiger partial charge on any atom is -0.495 e. The predicted molar refractivity (Wildman–Crippen MR) is 111 cm³/mol. The van der Waals surface area contributed by atoms with Gasteiger partial charge in [0.2, 0.25) is 5.91 Å². The Bertz CT molecular complexity index is 936. The van der Waals surface area contributed by atoms with Gasteiger partial charge in [-0.25, -0.2) is 0 Å². The van der Waals surface area contributed by atoms with E-state index in [1.165, 1.54) is 10.9 Å². The number of amides is 1. The number of nitrogens with one attached hydrogen (secondary N) is 3. The van der Waals surface area contributed by atoms with Crippen molar-refractivity contribution in [2.75, 3.05) is 25.5 Å². The van der Waals surface area contributed by atoms with Gasteiger partial charge in [-0.15, -0.1) is 0 Å². The highest BCUT2D eigenvalue weighted by molar-refractivity contribution is 6.31. The molecule has 5 nitrogen and oxygen atoms in total. The van der Waals surface area contributed by atoms with Crippen molar-refractivity contribution in [2.24, 2.45) is 0 Å². The van der Waals surface area contributed by atoms with Crippen molar-refractivity contribution in [3.8, 4) is 5.75 Å². The quantitative estimate of drug-likeness (QED) is 0.541. The number of carbonyl (C=O) groups is 1. The number of hydrogen-bond donors (Lipinski definition) is 3. The molecule has 1 amide bonds. The number of ether oxygens (including phenoxy) is 1. The van der Waals surface area contributed by atoms with Gasteiger partial charge < -0.3 is 20.4 Å². The van der Waals surface area contributed by atoms with Crippen molar-refractivity contribution in [1.29, 1.82) is 0 Å². The van der Waals surface area contributed by atoms with Gasteiger partial charge in [0.25, 0.3) is 0 Å². The number of para-hydroxylation sites is 1. The van der Waals surface area contributed by atoms with Gasteiger partial charge in [0, 0.05) is 47.7 Å². The Hall–Kier alpha value is -2.66. The fourth-order valence-electron chi connectivity index (χ4n) is 3.04. The number of carbonyl (C=O) groups excluding carboxylic acids is 1. The second-order valence-corrected chi connectivity index (χ2v) is 6.85. The molecule has 3 rings (SSSR count). The number of benzene rings is 2. The third kappa shape index (κ3) is 4.74. The van der Waals surface area contributed by atoms with E-state index in [0.29, 0.717) is 30.3 Å². The minimum atomic E-state index is 0.0204. The molecule has 0 aliphatic carbocycles. The van der Waals surface area contributed by atoms with Crippen molar-refractivity contribution < 1.29 is 9.53 Å². The Morgan fingerprint density at radius 2 is 2.04 bits per heavy atom. The van der Waals surface area contributed by atoms with Crippen molar-refractivity contribution in [2.45, 2.75) is 19.8 Å². The molecule has 3 aromatic rings. The largest absolute Gasteiger partial charge is 0.495 e. The molecule has 0 radical (unpaired) electrons. The number of rotatable bonds is 8. The number of hydrogen-bond acceptors (Lipinski definition) is 3.